The van der Waals surface area contributed by atoms with Crippen molar-refractivity contribution in [3.63, 3.8) is 0 Å². The quantitative estimate of drug-likeness (QED) is 0.142. The molecule has 2 heterocycles. The number of carbonyl (C=O) groups is 4. The summed E-state index contributed by atoms with van der Waals surface area (Å²) >= 11 is 1.21. The fourth-order valence-electron chi connectivity index (χ4n) is 3.85. The number of alkyl carbamates (subject to hydrolysis) is 1. The van der Waals surface area contributed by atoms with Gasteiger partial charge in [0.25, 0.3) is 5.69 Å². The molecule has 188 valence electrons. The Bertz CT molecular complexity index is 1060. The maximum atomic E-state index is 12.2. The molecule has 0 bridgehead atoms. The topological polar surface area (TPSA) is 188 Å². The molecule has 1 aromatic rings. The normalized spacial score (nSPS) is 19.5. The predicted octanol–water partition coefficient (Wildman–Crippen LogP) is 0.578. The van der Waals surface area contributed by atoms with Crippen molar-refractivity contribution < 1.29 is 39.1 Å². The predicted molar refractivity (Wildman–Crippen MR) is 122 cm³/mol. The number of hydrogen-bond donors (Lipinski definition) is 4. The Morgan fingerprint density at radius 2 is 1.97 bits per heavy atom. The van der Waals surface area contributed by atoms with Gasteiger partial charge in [0.2, 0.25) is 11.8 Å². The third-order valence-corrected chi connectivity index (χ3v) is 6.62. The molecule has 2 aliphatic rings. The number of aliphatic hydroxyl groups is 1. The molecular weight excluding hydrogens is 484 g/mol. The number of fused-ring (bicyclic) bond motifs is 1. The first-order valence-electron chi connectivity index (χ1n) is 10.6. The molecule has 1 aromatic carbocycles. The van der Waals surface area contributed by atoms with Gasteiger partial charge < -0.3 is 30.5 Å². The number of aliphatic hydroxyl groups excluding tert-OH is 1. The number of nitrogens with one attached hydrogen (secondary N) is 2. The van der Waals surface area contributed by atoms with E-state index in [1.165, 1.54) is 47.9 Å². The Balaban J connectivity index is 1.35. The molecule has 0 spiro atoms. The highest BCUT2D eigenvalue weighted by Crippen LogP contribution is 2.46. The maximum Gasteiger partial charge on any atom is 0.407 e. The lowest BCUT2D eigenvalue weighted by atomic mass is 9.83. The number of β-lactam (4-membered cyclic amide) rings is 1. The molecule has 3 atom stereocenters. The second kappa shape index (κ2) is 11.2. The van der Waals surface area contributed by atoms with E-state index in [-0.39, 0.29) is 37.1 Å². The number of aliphatic carboxylic acids is 1. The molecule has 1 fully saturated rings. The van der Waals surface area contributed by atoms with Gasteiger partial charge in [0, 0.05) is 35.8 Å². The van der Waals surface area contributed by atoms with Gasteiger partial charge in [-0.15, -0.1) is 11.8 Å². The summed E-state index contributed by atoms with van der Waals surface area (Å²) in [5.41, 5.74) is 0.379. The molecule has 1 saturated heterocycles. The van der Waals surface area contributed by atoms with Crippen LogP contribution in [0.4, 0.5) is 10.5 Å². The van der Waals surface area contributed by atoms with Gasteiger partial charge in [-0.25, -0.2) is 9.59 Å². The van der Waals surface area contributed by atoms with Crippen LogP contribution in [0.25, 0.3) is 0 Å². The largest absolute Gasteiger partial charge is 0.477 e. The smallest absolute Gasteiger partial charge is 0.407 e. The number of rotatable bonds is 11. The summed E-state index contributed by atoms with van der Waals surface area (Å²) in [4.78, 5) is 59.3. The van der Waals surface area contributed by atoms with Gasteiger partial charge in [-0.05, 0) is 24.6 Å². The monoisotopic (exact) mass is 508 g/mol. The first kappa shape index (κ1) is 26.0. The average molecular weight is 509 g/mol. The van der Waals surface area contributed by atoms with Gasteiger partial charge in [-0.3, -0.25) is 19.7 Å². The molecular formula is C21H24N4O9S. The molecule has 4 N–H and O–H groups in total. The highest BCUT2D eigenvalue weighted by atomic mass is 32.2. The van der Waals surface area contributed by atoms with Crippen LogP contribution in [0.15, 0.2) is 34.9 Å². The van der Waals surface area contributed by atoms with Gasteiger partial charge >= 0.3 is 12.1 Å². The molecule has 3 rings (SSSR count). The Hall–Kier alpha value is -3.65. The summed E-state index contributed by atoms with van der Waals surface area (Å²) in [6.45, 7) is 1.23. The Labute approximate surface area is 203 Å². The molecule has 2 aliphatic heterocycles. The molecule has 0 saturated carbocycles. The van der Waals surface area contributed by atoms with Crippen LogP contribution in [-0.4, -0.2) is 74.9 Å². The minimum absolute atomic E-state index is 0.0781. The van der Waals surface area contributed by atoms with Crippen molar-refractivity contribution in [3.8, 4) is 0 Å². The number of non-ortho nitro benzene ring substituents is 1. The number of carboxylic acids is 1. The van der Waals surface area contributed by atoms with E-state index in [0.29, 0.717) is 22.6 Å². The lowest BCUT2D eigenvalue weighted by Gasteiger charge is -2.44. The SMILES string of the molecule is C[C@H](O)[C@@H]1C(=O)N2C(C(=O)O)=C(SCCNC(=O)CNC(=O)OCc3ccc([N+](=O)[O-])cc3)C[C@H]12. The van der Waals surface area contributed by atoms with Gasteiger partial charge in [0.1, 0.15) is 12.3 Å². The fraction of sp³-hybridized carbons (Fsp3) is 0.429. The summed E-state index contributed by atoms with van der Waals surface area (Å²) in [5.74, 6) is -2.37. The van der Waals surface area contributed by atoms with Crippen molar-refractivity contribution in [1.29, 1.82) is 0 Å². The van der Waals surface area contributed by atoms with E-state index in [9.17, 15) is 39.5 Å². The number of nitro groups is 1. The number of carboxylic acid groups (broad SMARTS) is 1. The standard InChI is InChI=1S/C21H24N4O9S/c1-11(26)17-14-8-15(18(20(29)30)24(14)19(17)28)35-7-6-22-16(27)9-23-21(31)34-10-12-2-4-13(5-3-12)25(32)33/h2-5,11,14,17,26H,6-10H2,1H3,(H,22,27)(H,23,31)(H,29,30)/t11-,14+,17-/m0/s1. The van der Waals surface area contributed by atoms with Crippen LogP contribution < -0.4 is 10.6 Å². The lowest BCUT2D eigenvalue weighted by Crippen LogP contribution is -2.61. The first-order chi connectivity index (χ1) is 16.6. The molecule has 0 unspecified atom stereocenters. The minimum Gasteiger partial charge on any atom is -0.477 e. The fourth-order valence-corrected chi connectivity index (χ4v) is 4.91. The highest BCUT2D eigenvalue weighted by Gasteiger charge is 2.56. The van der Waals surface area contributed by atoms with Crippen LogP contribution in [0.3, 0.4) is 0 Å². The van der Waals surface area contributed by atoms with Gasteiger partial charge in [-0.1, -0.05) is 0 Å². The summed E-state index contributed by atoms with van der Waals surface area (Å²) < 4.78 is 4.95. The number of nitro benzene ring substituents is 1. The molecule has 14 heteroatoms. The number of carbonyl (C=O) groups excluding carboxylic acids is 3. The summed E-state index contributed by atoms with van der Waals surface area (Å²) in [6.07, 6.45) is -1.36. The van der Waals surface area contributed by atoms with E-state index in [1.807, 2.05) is 0 Å². The van der Waals surface area contributed by atoms with Crippen LogP contribution in [0.2, 0.25) is 0 Å². The first-order valence-corrected chi connectivity index (χ1v) is 11.6. The van der Waals surface area contributed by atoms with Crippen molar-refractivity contribution in [3.05, 3.63) is 50.5 Å². The number of amides is 3. The zero-order valence-electron chi connectivity index (χ0n) is 18.6. The van der Waals surface area contributed by atoms with Gasteiger partial charge in [-0.2, -0.15) is 0 Å². The van der Waals surface area contributed by atoms with Crippen LogP contribution in [-0.2, 0) is 25.7 Å². The molecule has 0 radical (unpaired) electrons. The number of benzene rings is 1. The number of ether oxygens (including phenoxy) is 1. The number of thioether (sulfide) groups is 1. The Morgan fingerprint density at radius 3 is 2.57 bits per heavy atom. The van der Waals surface area contributed by atoms with Crippen LogP contribution in [0.5, 0.6) is 0 Å². The highest BCUT2D eigenvalue weighted by molar-refractivity contribution is 8.03. The van der Waals surface area contributed by atoms with Crippen molar-refractivity contribution in [2.75, 3.05) is 18.8 Å². The van der Waals surface area contributed by atoms with Crippen molar-refractivity contribution >= 4 is 41.3 Å². The van der Waals surface area contributed by atoms with E-state index >= 15 is 0 Å². The Kier molecular flexibility index (Phi) is 8.30. The molecule has 35 heavy (non-hydrogen) atoms. The van der Waals surface area contributed by atoms with Crippen molar-refractivity contribution in [2.45, 2.75) is 32.1 Å². The van der Waals surface area contributed by atoms with Crippen LogP contribution >= 0.6 is 11.8 Å². The molecule has 0 aromatic heterocycles. The number of hydrogen-bond acceptors (Lipinski definition) is 9. The van der Waals surface area contributed by atoms with E-state index < -0.39 is 40.8 Å². The zero-order chi connectivity index (χ0) is 25.7. The third-order valence-electron chi connectivity index (χ3n) is 5.50. The number of nitrogens with zero attached hydrogens (tertiary/aromatic N) is 2. The van der Waals surface area contributed by atoms with E-state index in [2.05, 4.69) is 10.6 Å². The van der Waals surface area contributed by atoms with Gasteiger partial charge in [0.05, 0.1) is 29.5 Å². The lowest BCUT2D eigenvalue weighted by molar-refractivity contribution is -0.384. The minimum atomic E-state index is -1.21. The van der Waals surface area contributed by atoms with E-state index in [0.717, 1.165) is 0 Å². The summed E-state index contributed by atoms with van der Waals surface area (Å²) in [6, 6.07) is 5.11. The maximum absolute atomic E-state index is 12.2. The second-order valence-corrected chi connectivity index (χ2v) is 9.06. The zero-order valence-corrected chi connectivity index (χ0v) is 19.4. The van der Waals surface area contributed by atoms with Crippen LogP contribution in [0, 0.1) is 16.0 Å². The summed E-state index contributed by atoms with van der Waals surface area (Å²) in [5, 5.41) is 34.7. The van der Waals surface area contributed by atoms with Crippen molar-refractivity contribution in [2.24, 2.45) is 5.92 Å². The van der Waals surface area contributed by atoms with E-state index in [4.69, 9.17) is 4.74 Å². The average Bonchev–Trinajstić information content (AvgIpc) is 3.13. The van der Waals surface area contributed by atoms with Crippen LogP contribution in [0.1, 0.15) is 18.9 Å². The summed E-state index contributed by atoms with van der Waals surface area (Å²) in [7, 11) is 0. The van der Waals surface area contributed by atoms with Gasteiger partial charge in [0.15, 0.2) is 0 Å². The molecule has 13 nitrogen and oxygen atoms in total. The second-order valence-electron chi connectivity index (χ2n) is 7.87. The Morgan fingerprint density at radius 1 is 1.29 bits per heavy atom. The molecule has 0 aliphatic carbocycles. The van der Waals surface area contributed by atoms with Crippen molar-refractivity contribution in [1.82, 2.24) is 15.5 Å². The van der Waals surface area contributed by atoms with E-state index in [1.54, 1.807) is 0 Å². The molecule has 3 amide bonds. The third kappa shape index (κ3) is 6.08.